The zero-order valence-corrected chi connectivity index (χ0v) is 10.2. The number of rotatable bonds is 4. The van der Waals surface area contributed by atoms with Gasteiger partial charge in [0.15, 0.2) is 0 Å². The van der Waals surface area contributed by atoms with E-state index >= 15 is 0 Å². The molecule has 0 aliphatic heterocycles. The van der Waals surface area contributed by atoms with Gasteiger partial charge in [0.2, 0.25) is 0 Å². The zero-order chi connectivity index (χ0) is 12.3. The first-order chi connectivity index (χ1) is 7.41. The third kappa shape index (κ3) is 3.06. The molecule has 1 aromatic rings. The summed E-state index contributed by atoms with van der Waals surface area (Å²) >= 11 is 3.24. The highest BCUT2D eigenvalue weighted by atomic mass is 79.9. The van der Waals surface area contributed by atoms with Crippen molar-refractivity contribution in [1.29, 1.82) is 0 Å². The van der Waals surface area contributed by atoms with Crippen LogP contribution in [0.15, 0.2) is 22.7 Å². The van der Waals surface area contributed by atoms with Crippen LogP contribution in [-0.4, -0.2) is 22.2 Å². The minimum absolute atomic E-state index is 0.410. The zero-order valence-electron chi connectivity index (χ0n) is 8.61. The molecule has 0 amide bonds. The third-order valence-electron chi connectivity index (χ3n) is 2.29. The predicted octanol–water partition coefficient (Wildman–Crippen LogP) is 2.40. The summed E-state index contributed by atoms with van der Waals surface area (Å²) in [4.78, 5) is 21.6. The molecule has 5 heteroatoms. The van der Waals surface area contributed by atoms with Gasteiger partial charge in [-0.05, 0) is 30.2 Å². The highest BCUT2D eigenvalue weighted by Gasteiger charge is 2.24. The number of carbonyl (C=O) groups is 2. The molecular weight excluding hydrogens is 276 g/mol. The fourth-order valence-electron chi connectivity index (χ4n) is 1.49. The summed E-state index contributed by atoms with van der Waals surface area (Å²) in [5.41, 5.74) is 1.31. The van der Waals surface area contributed by atoms with Gasteiger partial charge >= 0.3 is 11.9 Å². The monoisotopic (exact) mass is 286 g/mol. The van der Waals surface area contributed by atoms with E-state index in [2.05, 4.69) is 15.9 Å². The molecule has 0 spiro atoms. The van der Waals surface area contributed by atoms with E-state index in [9.17, 15) is 9.59 Å². The molecule has 0 aliphatic carbocycles. The minimum atomic E-state index is -1.12. The van der Waals surface area contributed by atoms with Crippen LogP contribution in [0.4, 0.5) is 0 Å². The minimum Gasteiger partial charge on any atom is -0.481 e. The molecule has 1 atom stereocenters. The second-order valence-electron chi connectivity index (χ2n) is 3.49. The maximum absolute atomic E-state index is 11.0. The lowest BCUT2D eigenvalue weighted by Gasteiger charge is -2.13. The lowest BCUT2D eigenvalue weighted by molar-refractivity contribution is -0.145. The molecule has 86 valence electrons. The van der Waals surface area contributed by atoms with Gasteiger partial charge in [0.05, 0.1) is 12.3 Å². The molecular formula is C11H11BrO4. The number of aryl methyl sites for hydroxylation is 1. The number of benzene rings is 1. The van der Waals surface area contributed by atoms with E-state index in [1.165, 1.54) is 0 Å². The molecule has 16 heavy (non-hydrogen) atoms. The van der Waals surface area contributed by atoms with E-state index in [0.717, 1.165) is 10.0 Å². The first-order valence-electron chi connectivity index (χ1n) is 4.62. The highest BCUT2D eigenvalue weighted by Crippen LogP contribution is 2.26. The molecule has 1 rings (SSSR count). The molecule has 1 aromatic carbocycles. The van der Waals surface area contributed by atoms with Gasteiger partial charge < -0.3 is 10.2 Å². The van der Waals surface area contributed by atoms with Gasteiger partial charge in [-0.1, -0.05) is 22.0 Å². The van der Waals surface area contributed by atoms with Gasteiger partial charge in [-0.25, -0.2) is 0 Å². The molecule has 0 radical (unpaired) electrons. The van der Waals surface area contributed by atoms with Crippen LogP contribution in [0, 0.1) is 6.92 Å². The quantitative estimate of drug-likeness (QED) is 0.891. The van der Waals surface area contributed by atoms with E-state index in [1.807, 2.05) is 0 Å². The lowest BCUT2D eigenvalue weighted by atomic mass is 9.92. The number of carboxylic acid groups (broad SMARTS) is 2. The maximum Gasteiger partial charge on any atom is 0.311 e. The number of aliphatic carboxylic acids is 2. The van der Waals surface area contributed by atoms with Crippen molar-refractivity contribution in [3.05, 3.63) is 33.8 Å². The van der Waals surface area contributed by atoms with Gasteiger partial charge in [0, 0.05) is 4.47 Å². The van der Waals surface area contributed by atoms with Crippen molar-refractivity contribution in [1.82, 2.24) is 0 Å². The molecule has 0 bridgehead atoms. The largest absolute Gasteiger partial charge is 0.481 e. The van der Waals surface area contributed by atoms with Crippen molar-refractivity contribution in [3.63, 3.8) is 0 Å². The van der Waals surface area contributed by atoms with E-state index in [0.29, 0.717) is 5.56 Å². The summed E-state index contributed by atoms with van der Waals surface area (Å²) in [5.74, 6) is -3.25. The van der Waals surface area contributed by atoms with E-state index < -0.39 is 24.3 Å². The van der Waals surface area contributed by atoms with Crippen molar-refractivity contribution < 1.29 is 19.8 Å². The predicted molar refractivity (Wildman–Crippen MR) is 61.5 cm³/mol. The summed E-state index contributed by atoms with van der Waals surface area (Å²) in [7, 11) is 0. The standard InChI is InChI=1S/C11H11BrO4/c1-6-2-3-7(12)4-8(6)9(11(15)16)5-10(13)14/h2-4,9H,5H2,1H3,(H,13,14)(H,15,16). The van der Waals surface area contributed by atoms with Crippen molar-refractivity contribution in [3.8, 4) is 0 Å². The first-order valence-corrected chi connectivity index (χ1v) is 5.41. The van der Waals surface area contributed by atoms with Crippen LogP contribution in [0.1, 0.15) is 23.5 Å². The fraction of sp³-hybridized carbons (Fsp3) is 0.273. The van der Waals surface area contributed by atoms with Crippen LogP contribution < -0.4 is 0 Å². The molecule has 0 fully saturated rings. The Labute approximate surface area is 101 Å². The van der Waals surface area contributed by atoms with Crippen LogP contribution in [0.3, 0.4) is 0 Å². The van der Waals surface area contributed by atoms with E-state index in [4.69, 9.17) is 10.2 Å². The summed E-state index contributed by atoms with van der Waals surface area (Å²) in [6.45, 7) is 1.76. The van der Waals surface area contributed by atoms with Gasteiger partial charge in [0.1, 0.15) is 0 Å². The Bertz CT molecular complexity index is 428. The summed E-state index contributed by atoms with van der Waals surface area (Å²) in [5, 5.41) is 17.7. The Hall–Kier alpha value is -1.36. The van der Waals surface area contributed by atoms with Crippen molar-refractivity contribution in [2.24, 2.45) is 0 Å². The molecule has 2 N–H and O–H groups in total. The first kappa shape index (κ1) is 12.7. The van der Waals surface area contributed by atoms with E-state index in [1.54, 1.807) is 25.1 Å². The summed E-state index contributed by atoms with van der Waals surface area (Å²) in [6, 6.07) is 5.20. The number of hydrogen-bond acceptors (Lipinski definition) is 2. The molecule has 0 heterocycles. The normalized spacial score (nSPS) is 12.1. The highest BCUT2D eigenvalue weighted by molar-refractivity contribution is 9.10. The van der Waals surface area contributed by atoms with Crippen molar-refractivity contribution >= 4 is 27.9 Å². The average Bonchev–Trinajstić information content (AvgIpc) is 2.18. The average molecular weight is 287 g/mol. The topological polar surface area (TPSA) is 74.6 Å². The second kappa shape index (κ2) is 5.12. The number of carboxylic acids is 2. The summed E-state index contributed by atoms with van der Waals surface area (Å²) in [6.07, 6.45) is -0.410. The fourth-order valence-corrected chi connectivity index (χ4v) is 1.87. The summed E-state index contributed by atoms with van der Waals surface area (Å²) < 4.78 is 0.740. The second-order valence-corrected chi connectivity index (χ2v) is 4.41. The lowest BCUT2D eigenvalue weighted by Crippen LogP contribution is -2.16. The Morgan fingerprint density at radius 1 is 1.38 bits per heavy atom. The third-order valence-corrected chi connectivity index (χ3v) is 2.79. The van der Waals surface area contributed by atoms with Gasteiger partial charge in [-0.3, -0.25) is 9.59 Å². The van der Waals surface area contributed by atoms with E-state index in [-0.39, 0.29) is 0 Å². The molecule has 0 aliphatic rings. The number of hydrogen-bond donors (Lipinski definition) is 2. The molecule has 0 aromatic heterocycles. The van der Waals surface area contributed by atoms with Gasteiger partial charge in [0.25, 0.3) is 0 Å². The van der Waals surface area contributed by atoms with Crippen LogP contribution in [-0.2, 0) is 9.59 Å². The van der Waals surface area contributed by atoms with Crippen LogP contribution >= 0.6 is 15.9 Å². The Balaban J connectivity index is 3.14. The number of halogens is 1. The molecule has 0 saturated heterocycles. The van der Waals surface area contributed by atoms with Crippen molar-refractivity contribution in [2.45, 2.75) is 19.3 Å². The van der Waals surface area contributed by atoms with Crippen LogP contribution in [0.2, 0.25) is 0 Å². The smallest absolute Gasteiger partial charge is 0.311 e. The maximum atomic E-state index is 11.0. The van der Waals surface area contributed by atoms with Crippen molar-refractivity contribution in [2.75, 3.05) is 0 Å². The van der Waals surface area contributed by atoms with Crippen LogP contribution in [0.5, 0.6) is 0 Å². The molecule has 0 saturated carbocycles. The molecule has 4 nitrogen and oxygen atoms in total. The Morgan fingerprint density at radius 3 is 2.50 bits per heavy atom. The SMILES string of the molecule is Cc1ccc(Br)cc1C(CC(=O)O)C(=O)O. The van der Waals surface area contributed by atoms with Gasteiger partial charge in [-0.2, -0.15) is 0 Å². The Kier molecular flexibility index (Phi) is 4.06. The van der Waals surface area contributed by atoms with Crippen LogP contribution in [0.25, 0.3) is 0 Å². The Morgan fingerprint density at radius 2 is 2.00 bits per heavy atom. The molecule has 1 unspecified atom stereocenters. The van der Waals surface area contributed by atoms with Gasteiger partial charge in [-0.15, -0.1) is 0 Å².